The average Bonchev–Trinajstić information content (AvgIpc) is 2.34. The lowest BCUT2D eigenvalue weighted by Crippen LogP contribution is -2.11. The molecule has 0 radical (unpaired) electrons. The first kappa shape index (κ1) is 11.1. The van der Waals surface area contributed by atoms with Gasteiger partial charge in [0.1, 0.15) is 0 Å². The predicted molar refractivity (Wildman–Crippen MR) is 60.2 cm³/mol. The molecule has 86 valence electrons. The summed E-state index contributed by atoms with van der Waals surface area (Å²) in [6.45, 7) is 0. The van der Waals surface area contributed by atoms with Gasteiger partial charge in [-0.05, 0) is 24.3 Å². The van der Waals surface area contributed by atoms with Crippen LogP contribution in [0.4, 0.5) is 0 Å². The summed E-state index contributed by atoms with van der Waals surface area (Å²) in [7, 11) is -0.168. The highest BCUT2D eigenvalue weighted by Gasteiger charge is 2.07. The van der Waals surface area contributed by atoms with Crippen LogP contribution in [0.5, 0.6) is 23.3 Å². The van der Waals surface area contributed by atoms with Crippen molar-refractivity contribution in [2.24, 2.45) is 0 Å². The lowest BCUT2D eigenvalue weighted by atomic mass is 10.3. The van der Waals surface area contributed by atoms with Crippen LogP contribution in [0, 0.1) is 0 Å². The number of aromatic hydroxyl groups is 2. The van der Waals surface area contributed by atoms with E-state index in [9.17, 15) is 10.2 Å². The first-order chi connectivity index (χ1) is 8.27. The van der Waals surface area contributed by atoms with E-state index in [2.05, 4.69) is 9.97 Å². The standard InChI is InChI=1S/C10H9BN2O4/c14-9-7(3-1-5-12-9)16-11-17-8-4-2-6-13-10(8)15/h1-6,11H,(H,12,14)(H,13,15). The zero-order chi connectivity index (χ0) is 12.1. The van der Waals surface area contributed by atoms with Crippen LogP contribution < -0.4 is 9.31 Å². The second-order valence-electron chi connectivity index (χ2n) is 3.06. The highest BCUT2D eigenvalue weighted by Crippen LogP contribution is 2.23. The van der Waals surface area contributed by atoms with Crippen molar-refractivity contribution in [2.75, 3.05) is 0 Å². The number of aromatic nitrogens is 2. The highest BCUT2D eigenvalue weighted by molar-refractivity contribution is 6.20. The largest absolute Gasteiger partial charge is 0.576 e. The molecule has 6 nitrogen and oxygen atoms in total. The summed E-state index contributed by atoms with van der Waals surface area (Å²) < 4.78 is 10.2. The van der Waals surface area contributed by atoms with E-state index in [1.165, 1.54) is 12.4 Å². The number of pyridine rings is 2. The minimum Gasteiger partial charge on any atom is -0.525 e. The molecule has 0 aliphatic rings. The smallest absolute Gasteiger partial charge is 0.525 e. The Morgan fingerprint density at radius 1 is 0.882 bits per heavy atom. The molecule has 0 bridgehead atoms. The van der Waals surface area contributed by atoms with E-state index in [0.717, 1.165) is 0 Å². The van der Waals surface area contributed by atoms with Crippen molar-refractivity contribution >= 4 is 7.69 Å². The van der Waals surface area contributed by atoms with Crippen LogP contribution in [0.15, 0.2) is 36.7 Å². The Balaban J connectivity index is 1.93. The molecule has 2 aromatic rings. The van der Waals surface area contributed by atoms with E-state index in [-0.39, 0.29) is 30.9 Å². The van der Waals surface area contributed by atoms with Gasteiger partial charge in [-0.1, -0.05) is 0 Å². The lowest BCUT2D eigenvalue weighted by molar-refractivity contribution is 0.383. The number of rotatable bonds is 4. The summed E-state index contributed by atoms with van der Waals surface area (Å²) in [5.41, 5.74) is 0. The van der Waals surface area contributed by atoms with Gasteiger partial charge in [0, 0.05) is 12.4 Å². The molecule has 0 spiro atoms. The van der Waals surface area contributed by atoms with Crippen molar-refractivity contribution in [1.82, 2.24) is 9.97 Å². The SMILES string of the molecule is Oc1ncccc1OBOc1cccnc1O. The maximum absolute atomic E-state index is 9.31. The third-order valence-corrected chi connectivity index (χ3v) is 1.93. The molecule has 2 aromatic heterocycles. The van der Waals surface area contributed by atoms with Crippen LogP contribution >= 0.6 is 0 Å². The minimum atomic E-state index is -0.216. The third kappa shape index (κ3) is 2.78. The Morgan fingerprint density at radius 2 is 1.35 bits per heavy atom. The van der Waals surface area contributed by atoms with Gasteiger partial charge in [0.15, 0.2) is 11.5 Å². The Hall–Kier alpha value is -2.44. The zero-order valence-electron chi connectivity index (χ0n) is 8.78. The van der Waals surface area contributed by atoms with Gasteiger partial charge >= 0.3 is 7.69 Å². The molecule has 0 amide bonds. The summed E-state index contributed by atoms with van der Waals surface area (Å²) in [6.07, 6.45) is 2.88. The molecule has 0 fully saturated rings. The van der Waals surface area contributed by atoms with E-state index in [1.54, 1.807) is 24.3 Å². The third-order valence-electron chi connectivity index (χ3n) is 1.93. The molecule has 0 aliphatic heterocycles. The normalized spacial score (nSPS) is 9.65. The van der Waals surface area contributed by atoms with Crippen LogP contribution in [-0.4, -0.2) is 27.9 Å². The molecule has 7 heteroatoms. The maximum atomic E-state index is 9.31. The van der Waals surface area contributed by atoms with Crippen molar-refractivity contribution in [1.29, 1.82) is 0 Å². The fraction of sp³-hybridized carbons (Fsp3) is 0. The van der Waals surface area contributed by atoms with E-state index < -0.39 is 0 Å². The van der Waals surface area contributed by atoms with Crippen molar-refractivity contribution < 1.29 is 19.5 Å². The van der Waals surface area contributed by atoms with Crippen LogP contribution in [0.3, 0.4) is 0 Å². The molecule has 0 aromatic carbocycles. The topological polar surface area (TPSA) is 84.7 Å². The quantitative estimate of drug-likeness (QED) is 0.751. The summed E-state index contributed by atoms with van der Waals surface area (Å²) in [5, 5.41) is 18.6. The van der Waals surface area contributed by atoms with Crippen molar-refractivity contribution in [3.8, 4) is 23.3 Å². The predicted octanol–water partition coefficient (Wildman–Crippen LogP) is 0.612. The number of nitrogens with zero attached hydrogens (tertiary/aromatic N) is 2. The van der Waals surface area contributed by atoms with Gasteiger partial charge in [-0.2, -0.15) is 0 Å². The Kier molecular flexibility index (Phi) is 3.30. The highest BCUT2D eigenvalue weighted by atomic mass is 16.6. The van der Waals surface area contributed by atoms with Gasteiger partial charge in [-0.15, -0.1) is 0 Å². The fourth-order valence-electron chi connectivity index (χ4n) is 1.15. The molecule has 17 heavy (non-hydrogen) atoms. The molecule has 0 saturated carbocycles. The van der Waals surface area contributed by atoms with Gasteiger partial charge in [-0.25, -0.2) is 9.97 Å². The lowest BCUT2D eigenvalue weighted by Gasteiger charge is -2.08. The van der Waals surface area contributed by atoms with E-state index >= 15 is 0 Å². The number of hydrogen-bond acceptors (Lipinski definition) is 6. The summed E-state index contributed by atoms with van der Waals surface area (Å²) >= 11 is 0. The van der Waals surface area contributed by atoms with Crippen LogP contribution in [0.2, 0.25) is 0 Å². The Morgan fingerprint density at radius 3 is 1.76 bits per heavy atom. The van der Waals surface area contributed by atoms with E-state index in [0.29, 0.717) is 0 Å². The molecule has 0 saturated heterocycles. The molecule has 0 aliphatic carbocycles. The van der Waals surface area contributed by atoms with Crippen molar-refractivity contribution in [3.05, 3.63) is 36.7 Å². The molecule has 2 N–H and O–H groups in total. The first-order valence-corrected chi connectivity index (χ1v) is 4.81. The van der Waals surface area contributed by atoms with E-state index in [1.807, 2.05) is 0 Å². The van der Waals surface area contributed by atoms with Gasteiger partial charge in [0.2, 0.25) is 0 Å². The molecule has 2 heterocycles. The first-order valence-electron chi connectivity index (χ1n) is 4.81. The summed E-state index contributed by atoms with van der Waals surface area (Å²) in [6, 6.07) is 6.34. The van der Waals surface area contributed by atoms with Crippen LogP contribution in [0.1, 0.15) is 0 Å². The number of hydrogen-bond donors (Lipinski definition) is 2. The van der Waals surface area contributed by atoms with Crippen LogP contribution in [-0.2, 0) is 0 Å². The molecular formula is C10H9BN2O4. The summed E-state index contributed by atoms with van der Waals surface area (Å²) in [5.74, 6) is -0.0234. The van der Waals surface area contributed by atoms with Crippen LogP contribution in [0.25, 0.3) is 0 Å². The second kappa shape index (κ2) is 5.06. The Bertz CT molecular complexity index is 464. The maximum Gasteiger partial charge on any atom is 0.576 e. The van der Waals surface area contributed by atoms with Gasteiger partial charge in [0.25, 0.3) is 11.8 Å². The molecule has 0 unspecified atom stereocenters. The average molecular weight is 232 g/mol. The van der Waals surface area contributed by atoms with Gasteiger partial charge < -0.3 is 19.5 Å². The monoisotopic (exact) mass is 232 g/mol. The van der Waals surface area contributed by atoms with Crippen molar-refractivity contribution in [2.45, 2.75) is 0 Å². The summed E-state index contributed by atoms with van der Waals surface area (Å²) in [4.78, 5) is 7.27. The van der Waals surface area contributed by atoms with Crippen molar-refractivity contribution in [3.63, 3.8) is 0 Å². The fourth-order valence-corrected chi connectivity index (χ4v) is 1.15. The molecular weight excluding hydrogens is 223 g/mol. The molecule has 2 rings (SSSR count). The van der Waals surface area contributed by atoms with E-state index in [4.69, 9.17) is 9.31 Å². The Labute approximate surface area is 97.8 Å². The van der Waals surface area contributed by atoms with Gasteiger partial charge in [-0.3, -0.25) is 0 Å². The minimum absolute atomic E-state index is 0.168. The van der Waals surface area contributed by atoms with Gasteiger partial charge in [0.05, 0.1) is 0 Å². The molecule has 0 atom stereocenters. The zero-order valence-corrected chi connectivity index (χ0v) is 8.78. The second-order valence-corrected chi connectivity index (χ2v) is 3.06.